The number of likely N-dealkylation sites (N-methyl/N-ethyl adjacent to an activating group) is 1. The highest BCUT2D eigenvalue weighted by Crippen LogP contribution is 2.27. The van der Waals surface area contributed by atoms with Gasteiger partial charge in [-0.15, -0.1) is 0 Å². The van der Waals surface area contributed by atoms with Gasteiger partial charge < -0.3 is 10.2 Å². The predicted octanol–water partition coefficient (Wildman–Crippen LogP) is 2.90. The molecule has 0 saturated carbocycles. The molecule has 0 bridgehead atoms. The van der Waals surface area contributed by atoms with E-state index in [0.29, 0.717) is 12.5 Å². The van der Waals surface area contributed by atoms with Crippen LogP contribution >= 0.6 is 0 Å². The molecular formula is C18H27NO2. The summed E-state index contributed by atoms with van der Waals surface area (Å²) in [6, 6.07) is 10.4. The van der Waals surface area contributed by atoms with E-state index in [2.05, 4.69) is 24.1 Å². The first-order chi connectivity index (χ1) is 10.1. The van der Waals surface area contributed by atoms with Crippen molar-refractivity contribution in [3.8, 4) is 0 Å². The first-order valence-electron chi connectivity index (χ1n) is 7.91. The van der Waals surface area contributed by atoms with E-state index >= 15 is 0 Å². The number of aliphatic hydroxyl groups is 2. The highest BCUT2D eigenvalue weighted by atomic mass is 16.3. The molecule has 21 heavy (non-hydrogen) atoms. The standard InChI is InChI=1S/C18H27NO2/c1-3-17(20)12-15-10-7-11-16(19(15)2)13-18(21)14-8-5-4-6-9-14/h4-9,11,15-18,20-21H,3,10,12-13H2,1-2H3/t15?,16?,17-,18+/m0/s1. The van der Waals surface area contributed by atoms with Gasteiger partial charge in [-0.2, -0.15) is 0 Å². The molecule has 1 heterocycles. The van der Waals surface area contributed by atoms with Crippen molar-refractivity contribution in [1.82, 2.24) is 4.90 Å². The van der Waals surface area contributed by atoms with Crippen LogP contribution in [0.15, 0.2) is 42.5 Å². The first-order valence-corrected chi connectivity index (χ1v) is 7.91. The Morgan fingerprint density at radius 3 is 2.57 bits per heavy atom. The molecule has 116 valence electrons. The second-order valence-electron chi connectivity index (χ2n) is 6.01. The Balaban J connectivity index is 1.96. The topological polar surface area (TPSA) is 43.7 Å². The summed E-state index contributed by atoms with van der Waals surface area (Å²) in [4.78, 5) is 2.30. The zero-order valence-electron chi connectivity index (χ0n) is 13.0. The van der Waals surface area contributed by atoms with Crippen LogP contribution in [0.25, 0.3) is 0 Å². The van der Waals surface area contributed by atoms with Gasteiger partial charge in [0.15, 0.2) is 0 Å². The van der Waals surface area contributed by atoms with E-state index in [-0.39, 0.29) is 12.1 Å². The number of aliphatic hydroxyl groups excluding tert-OH is 2. The van der Waals surface area contributed by atoms with Crippen molar-refractivity contribution in [3.63, 3.8) is 0 Å². The summed E-state index contributed by atoms with van der Waals surface area (Å²) in [6.07, 6.45) is 6.96. The fourth-order valence-corrected chi connectivity index (χ4v) is 2.99. The van der Waals surface area contributed by atoms with Gasteiger partial charge in [-0.1, -0.05) is 49.4 Å². The van der Waals surface area contributed by atoms with Crippen molar-refractivity contribution in [2.45, 2.75) is 56.9 Å². The van der Waals surface area contributed by atoms with Crippen LogP contribution in [-0.2, 0) is 0 Å². The zero-order chi connectivity index (χ0) is 15.2. The monoisotopic (exact) mass is 289 g/mol. The van der Waals surface area contributed by atoms with Gasteiger partial charge in [-0.3, -0.25) is 4.90 Å². The molecule has 4 atom stereocenters. The highest BCUT2D eigenvalue weighted by Gasteiger charge is 2.27. The Morgan fingerprint density at radius 2 is 1.90 bits per heavy atom. The summed E-state index contributed by atoms with van der Waals surface area (Å²) >= 11 is 0. The van der Waals surface area contributed by atoms with E-state index in [9.17, 15) is 10.2 Å². The van der Waals surface area contributed by atoms with E-state index in [0.717, 1.165) is 24.8 Å². The molecule has 0 spiro atoms. The Morgan fingerprint density at radius 1 is 1.19 bits per heavy atom. The molecule has 0 amide bonds. The van der Waals surface area contributed by atoms with Crippen molar-refractivity contribution in [1.29, 1.82) is 0 Å². The van der Waals surface area contributed by atoms with Crippen molar-refractivity contribution >= 4 is 0 Å². The van der Waals surface area contributed by atoms with Crippen LogP contribution in [0.1, 0.15) is 44.3 Å². The maximum absolute atomic E-state index is 10.4. The van der Waals surface area contributed by atoms with Gasteiger partial charge in [0.25, 0.3) is 0 Å². The van der Waals surface area contributed by atoms with E-state index in [4.69, 9.17) is 0 Å². The molecule has 1 aliphatic heterocycles. The molecule has 0 aliphatic carbocycles. The van der Waals surface area contributed by atoms with E-state index in [1.54, 1.807) is 0 Å². The average molecular weight is 289 g/mol. The fraction of sp³-hybridized carbons (Fsp3) is 0.556. The maximum atomic E-state index is 10.4. The lowest BCUT2D eigenvalue weighted by Gasteiger charge is -2.38. The van der Waals surface area contributed by atoms with Crippen molar-refractivity contribution < 1.29 is 10.2 Å². The number of hydrogen-bond donors (Lipinski definition) is 2. The zero-order valence-corrected chi connectivity index (χ0v) is 13.0. The van der Waals surface area contributed by atoms with E-state index in [1.165, 1.54) is 0 Å². The maximum Gasteiger partial charge on any atom is 0.0808 e. The smallest absolute Gasteiger partial charge is 0.0808 e. The van der Waals surface area contributed by atoms with Crippen LogP contribution < -0.4 is 0 Å². The van der Waals surface area contributed by atoms with E-state index in [1.807, 2.05) is 37.3 Å². The molecule has 0 fully saturated rings. The Hall–Kier alpha value is -1.16. The molecular weight excluding hydrogens is 262 g/mol. The third kappa shape index (κ3) is 4.40. The summed E-state index contributed by atoms with van der Waals surface area (Å²) in [5.74, 6) is 0. The minimum absolute atomic E-state index is 0.225. The van der Waals surface area contributed by atoms with Crippen molar-refractivity contribution in [2.24, 2.45) is 0 Å². The third-order valence-electron chi connectivity index (χ3n) is 4.53. The summed E-state index contributed by atoms with van der Waals surface area (Å²) in [7, 11) is 2.10. The molecule has 0 radical (unpaired) electrons. The van der Waals surface area contributed by atoms with Gasteiger partial charge in [0.1, 0.15) is 0 Å². The molecule has 3 nitrogen and oxygen atoms in total. The molecule has 1 aromatic carbocycles. The van der Waals surface area contributed by atoms with Gasteiger partial charge in [0.2, 0.25) is 0 Å². The predicted molar refractivity (Wildman–Crippen MR) is 86.0 cm³/mol. The van der Waals surface area contributed by atoms with Gasteiger partial charge in [-0.05, 0) is 38.3 Å². The Labute approximate surface area is 127 Å². The van der Waals surface area contributed by atoms with Crippen molar-refractivity contribution in [2.75, 3.05) is 7.05 Å². The minimum Gasteiger partial charge on any atom is -0.393 e. The van der Waals surface area contributed by atoms with Crippen molar-refractivity contribution in [3.05, 3.63) is 48.0 Å². The SMILES string of the molecule is CC[C@H](O)CC1CC=CC(C[C@@H](O)c2ccccc2)N1C. The van der Waals surface area contributed by atoms with Gasteiger partial charge in [-0.25, -0.2) is 0 Å². The summed E-state index contributed by atoms with van der Waals surface area (Å²) in [5.41, 5.74) is 0.968. The number of rotatable bonds is 6. The quantitative estimate of drug-likeness (QED) is 0.791. The average Bonchev–Trinajstić information content (AvgIpc) is 2.52. The summed E-state index contributed by atoms with van der Waals surface area (Å²) in [5, 5.41) is 20.3. The summed E-state index contributed by atoms with van der Waals surface area (Å²) < 4.78 is 0. The number of benzene rings is 1. The molecule has 0 aromatic heterocycles. The lowest BCUT2D eigenvalue weighted by Crippen LogP contribution is -2.43. The van der Waals surface area contributed by atoms with Crippen LogP contribution in [-0.4, -0.2) is 40.3 Å². The van der Waals surface area contributed by atoms with Crippen LogP contribution in [0, 0.1) is 0 Å². The lowest BCUT2D eigenvalue weighted by atomic mass is 9.93. The van der Waals surface area contributed by atoms with Crippen LogP contribution in [0.5, 0.6) is 0 Å². The molecule has 2 unspecified atom stereocenters. The fourth-order valence-electron chi connectivity index (χ4n) is 2.99. The van der Waals surface area contributed by atoms with Gasteiger partial charge in [0.05, 0.1) is 12.2 Å². The highest BCUT2D eigenvalue weighted by molar-refractivity contribution is 5.18. The summed E-state index contributed by atoms with van der Waals surface area (Å²) in [6.45, 7) is 2.01. The van der Waals surface area contributed by atoms with Crippen LogP contribution in [0.4, 0.5) is 0 Å². The first kappa shape index (κ1) is 16.2. The number of nitrogens with zero attached hydrogens (tertiary/aromatic N) is 1. The number of hydrogen-bond acceptors (Lipinski definition) is 3. The molecule has 3 heteroatoms. The Bertz CT molecular complexity index is 446. The van der Waals surface area contributed by atoms with Gasteiger partial charge in [0, 0.05) is 12.1 Å². The third-order valence-corrected chi connectivity index (χ3v) is 4.53. The van der Waals surface area contributed by atoms with Crippen LogP contribution in [0.2, 0.25) is 0 Å². The normalized spacial score (nSPS) is 25.7. The minimum atomic E-state index is -0.446. The van der Waals surface area contributed by atoms with E-state index < -0.39 is 6.10 Å². The lowest BCUT2D eigenvalue weighted by molar-refractivity contribution is 0.0727. The molecule has 2 rings (SSSR count). The molecule has 1 aliphatic rings. The van der Waals surface area contributed by atoms with Crippen LogP contribution in [0.3, 0.4) is 0 Å². The Kier molecular flexibility index (Phi) is 5.97. The second-order valence-corrected chi connectivity index (χ2v) is 6.01. The largest absolute Gasteiger partial charge is 0.393 e. The second kappa shape index (κ2) is 7.74. The molecule has 1 aromatic rings. The van der Waals surface area contributed by atoms with Gasteiger partial charge >= 0.3 is 0 Å². The molecule has 2 N–H and O–H groups in total. The molecule has 0 saturated heterocycles.